The molecule has 110 valence electrons. The van der Waals surface area contributed by atoms with Gasteiger partial charge in [0.05, 0.1) is 11.2 Å². The third kappa shape index (κ3) is 4.63. The second kappa shape index (κ2) is 7.01. The molecule has 0 unspecified atom stereocenters. The summed E-state index contributed by atoms with van der Waals surface area (Å²) in [4.78, 5) is 10.2. The van der Waals surface area contributed by atoms with Crippen LogP contribution >= 0.6 is 0 Å². The zero-order valence-corrected chi connectivity index (χ0v) is 11.9. The van der Waals surface area contributed by atoms with E-state index >= 15 is 0 Å². The monoisotopic (exact) mass is 300 g/mol. The second-order valence-electron chi connectivity index (χ2n) is 3.98. The van der Waals surface area contributed by atoms with E-state index in [0.717, 1.165) is 6.26 Å². The molecule has 0 heterocycles. The molecule has 20 heavy (non-hydrogen) atoms. The Morgan fingerprint density at radius 2 is 2.10 bits per heavy atom. The first kappa shape index (κ1) is 16.1. The van der Waals surface area contributed by atoms with Gasteiger partial charge in [-0.2, -0.15) is 4.31 Å². The van der Waals surface area contributed by atoms with E-state index in [4.69, 9.17) is 4.74 Å². The fourth-order valence-electron chi connectivity index (χ4n) is 1.52. The lowest BCUT2D eigenvalue weighted by Gasteiger charge is -2.18. The van der Waals surface area contributed by atoms with Gasteiger partial charge in [0.2, 0.25) is 10.0 Å². The lowest BCUT2D eigenvalue weighted by atomic mass is 10.3. The van der Waals surface area contributed by atoms with Gasteiger partial charge in [0, 0.05) is 19.2 Å². The van der Waals surface area contributed by atoms with Crippen molar-refractivity contribution in [2.75, 3.05) is 26.0 Å². The van der Waals surface area contributed by atoms with E-state index in [0.29, 0.717) is 0 Å². The molecule has 0 aliphatic heterocycles. The van der Waals surface area contributed by atoms with Crippen LogP contribution < -0.4 is 4.74 Å². The van der Waals surface area contributed by atoms with Crippen molar-refractivity contribution in [2.24, 2.45) is 0 Å². The largest absolute Gasteiger partial charge is 0.485 e. The van der Waals surface area contributed by atoms with Crippen LogP contribution in [0.15, 0.2) is 36.9 Å². The summed E-state index contributed by atoms with van der Waals surface area (Å²) in [7, 11) is -3.36. The van der Waals surface area contributed by atoms with Crippen LogP contribution in [-0.4, -0.2) is 43.6 Å². The van der Waals surface area contributed by atoms with Crippen molar-refractivity contribution in [1.82, 2.24) is 4.31 Å². The number of para-hydroxylation sites is 2. The lowest BCUT2D eigenvalue weighted by Crippen LogP contribution is -2.33. The Labute approximate surface area is 117 Å². The molecule has 0 atom stereocenters. The van der Waals surface area contributed by atoms with Crippen molar-refractivity contribution in [2.45, 2.75) is 0 Å². The highest BCUT2D eigenvalue weighted by Crippen LogP contribution is 2.25. The molecule has 0 radical (unpaired) electrons. The Balaban J connectivity index is 2.68. The minimum atomic E-state index is -3.36. The number of sulfonamides is 1. The van der Waals surface area contributed by atoms with Gasteiger partial charge < -0.3 is 4.74 Å². The molecule has 0 aliphatic rings. The third-order valence-corrected chi connectivity index (χ3v) is 3.73. The van der Waals surface area contributed by atoms with Crippen molar-refractivity contribution < 1.29 is 18.1 Å². The predicted octanol–water partition coefficient (Wildman–Crippen LogP) is 1.42. The quantitative estimate of drug-likeness (QED) is 0.411. The summed E-state index contributed by atoms with van der Waals surface area (Å²) in [5.41, 5.74) is -0.151. The normalized spacial score (nSPS) is 11.3. The molecule has 1 aromatic rings. The first-order valence-corrected chi connectivity index (χ1v) is 7.63. The van der Waals surface area contributed by atoms with Crippen LogP contribution in [0.2, 0.25) is 0 Å². The van der Waals surface area contributed by atoms with Gasteiger partial charge in [-0.05, 0) is 6.07 Å². The van der Waals surface area contributed by atoms with Gasteiger partial charge in [-0.3, -0.25) is 10.1 Å². The summed E-state index contributed by atoms with van der Waals surface area (Å²) in [5, 5.41) is 10.8. The van der Waals surface area contributed by atoms with Crippen LogP contribution in [0.25, 0.3) is 0 Å². The van der Waals surface area contributed by atoms with Gasteiger partial charge in [-0.15, -0.1) is 6.58 Å². The molecule has 7 nitrogen and oxygen atoms in total. The van der Waals surface area contributed by atoms with E-state index in [1.54, 1.807) is 6.07 Å². The van der Waals surface area contributed by atoms with E-state index in [2.05, 4.69) is 6.58 Å². The summed E-state index contributed by atoms with van der Waals surface area (Å²) in [6.45, 7) is 3.76. The second-order valence-corrected chi connectivity index (χ2v) is 5.97. The van der Waals surface area contributed by atoms with E-state index in [1.165, 1.54) is 28.6 Å². The summed E-state index contributed by atoms with van der Waals surface area (Å²) in [5.74, 6) is 0.115. The molecular weight excluding hydrogens is 284 g/mol. The molecule has 0 fully saturated rings. The maximum atomic E-state index is 11.5. The Morgan fingerprint density at radius 1 is 1.45 bits per heavy atom. The van der Waals surface area contributed by atoms with Gasteiger partial charge in [0.1, 0.15) is 6.61 Å². The Bertz CT molecular complexity index is 585. The molecule has 0 spiro atoms. The highest BCUT2D eigenvalue weighted by Gasteiger charge is 2.17. The molecule has 1 rings (SSSR count). The van der Waals surface area contributed by atoms with Gasteiger partial charge in [-0.25, -0.2) is 8.42 Å². The van der Waals surface area contributed by atoms with Crippen molar-refractivity contribution in [3.8, 4) is 5.75 Å². The molecule has 0 N–H and O–H groups in total. The maximum Gasteiger partial charge on any atom is 0.310 e. The van der Waals surface area contributed by atoms with Gasteiger partial charge in [-0.1, -0.05) is 18.2 Å². The van der Waals surface area contributed by atoms with Crippen molar-refractivity contribution in [1.29, 1.82) is 0 Å². The molecule has 1 aromatic carbocycles. The van der Waals surface area contributed by atoms with Crippen molar-refractivity contribution in [3.63, 3.8) is 0 Å². The minimum absolute atomic E-state index is 0.0196. The average Bonchev–Trinajstić information content (AvgIpc) is 2.37. The number of nitro groups is 1. The number of rotatable bonds is 8. The topological polar surface area (TPSA) is 89.8 Å². The van der Waals surface area contributed by atoms with E-state index in [1.807, 2.05) is 0 Å². The Hall–Kier alpha value is -1.93. The molecule has 0 amide bonds. The Morgan fingerprint density at radius 3 is 2.65 bits per heavy atom. The first-order chi connectivity index (χ1) is 9.36. The number of nitro benzene ring substituents is 1. The molecule has 0 bridgehead atoms. The summed E-state index contributed by atoms with van der Waals surface area (Å²) >= 11 is 0. The first-order valence-electron chi connectivity index (χ1n) is 5.78. The average molecular weight is 300 g/mol. The molecule has 0 saturated carbocycles. The maximum absolute atomic E-state index is 11.5. The third-order valence-electron chi connectivity index (χ3n) is 2.46. The predicted molar refractivity (Wildman–Crippen MR) is 75.2 cm³/mol. The molecule has 0 saturated heterocycles. The fourth-order valence-corrected chi connectivity index (χ4v) is 2.31. The van der Waals surface area contributed by atoms with Crippen LogP contribution in [0.3, 0.4) is 0 Å². The van der Waals surface area contributed by atoms with Crippen LogP contribution in [0.1, 0.15) is 0 Å². The number of benzene rings is 1. The number of nitrogens with zero attached hydrogens (tertiary/aromatic N) is 2. The smallest absolute Gasteiger partial charge is 0.310 e. The minimum Gasteiger partial charge on any atom is -0.485 e. The van der Waals surface area contributed by atoms with Gasteiger partial charge in [0.25, 0.3) is 0 Å². The van der Waals surface area contributed by atoms with Crippen LogP contribution in [0, 0.1) is 10.1 Å². The lowest BCUT2D eigenvalue weighted by molar-refractivity contribution is -0.385. The van der Waals surface area contributed by atoms with Crippen LogP contribution in [-0.2, 0) is 10.0 Å². The highest BCUT2D eigenvalue weighted by molar-refractivity contribution is 7.88. The molecule has 0 aliphatic carbocycles. The number of hydrogen-bond acceptors (Lipinski definition) is 5. The summed E-state index contributed by atoms with van der Waals surface area (Å²) in [6.07, 6.45) is 2.55. The van der Waals surface area contributed by atoms with Gasteiger partial charge in [0.15, 0.2) is 5.75 Å². The fraction of sp³-hybridized carbons (Fsp3) is 0.333. The zero-order valence-electron chi connectivity index (χ0n) is 11.1. The van der Waals surface area contributed by atoms with Crippen LogP contribution in [0.4, 0.5) is 5.69 Å². The zero-order chi connectivity index (χ0) is 15.2. The molecular formula is C12H16N2O5S. The van der Waals surface area contributed by atoms with Crippen molar-refractivity contribution in [3.05, 3.63) is 47.0 Å². The van der Waals surface area contributed by atoms with Gasteiger partial charge >= 0.3 is 5.69 Å². The summed E-state index contributed by atoms with van der Waals surface area (Å²) < 4.78 is 29.4. The van der Waals surface area contributed by atoms with Crippen molar-refractivity contribution >= 4 is 15.7 Å². The van der Waals surface area contributed by atoms with Crippen LogP contribution in [0.5, 0.6) is 5.75 Å². The summed E-state index contributed by atoms with van der Waals surface area (Å²) in [6, 6.07) is 5.94. The highest BCUT2D eigenvalue weighted by atomic mass is 32.2. The van der Waals surface area contributed by atoms with E-state index in [9.17, 15) is 18.5 Å². The standard InChI is InChI=1S/C12H16N2O5S/c1-3-8-13(20(2,17)18)9-10-19-12-7-5-4-6-11(12)14(15)16/h3-7H,1,8-10H2,2H3. The number of hydrogen-bond donors (Lipinski definition) is 0. The number of ether oxygens (including phenoxy) is 1. The van der Waals surface area contributed by atoms with E-state index < -0.39 is 14.9 Å². The Kier molecular flexibility index (Phi) is 5.66. The molecule has 0 aromatic heterocycles. The molecule has 8 heteroatoms. The van der Waals surface area contributed by atoms with E-state index in [-0.39, 0.29) is 31.1 Å². The SMILES string of the molecule is C=CCN(CCOc1ccccc1[N+](=O)[O-])S(C)(=O)=O.